The minimum absolute atomic E-state index is 0.889. The van der Waals surface area contributed by atoms with Gasteiger partial charge in [-0.25, -0.2) is 0 Å². The number of nitrogens with one attached hydrogen (secondary N) is 1. The average molecular weight is 147 g/mol. The van der Waals surface area contributed by atoms with Gasteiger partial charge in [0.05, 0.1) is 0 Å². The van der Waals surface area contributed by atoms with Crippen LogP contribution < -0.4 is 5.32 Å². The summed E-state index contributed by atoms with van der Waals surface area (Å²) in [7, 11) is 0. The van der Waals surface area contributed by atoms with E-state index in [0.29, 0.717) is 0 Å². The first-order chi connectivity index (χ1) is 5.29. The van der Waals surface area contributed by atoms with Crippen molar-refractivity contribution in [3.8, 4) is 0 Å². The van der Waals surface area contributed by atoms with Crippen LogP contribution in [0.15, 0.2) is 48.2 Å². The van der Waals surface area contributed by atoms with E-state index in [1.807, 2.05) is 31.2 Å². The van der Waals surface area contributed by atoms with Gasteiger partial charge in [0.15, 0.2) is 0 Å². The highest BCUT2D eigenvalue weighted by Crippen LogP contribution is 2.00. The molecule has 0 unspecified atom stereocenters. The van der Waals surface area contributed by atoms with Crippen molar-refractivity contribution >= 4 is 0 Å². The van der Waals surface area contributed by atoms with E-state index >= 15 is 0 Å². The van der Waals surface area contributed by atoms with Crippen LogP contribution in [0, 0.1) is 0 Å². The van der Waals surface area contributed by atoms with Crippen molar-refractivity contribution in [2.45, 2.75) is 6.92 Å². The molecule has 1 aliphatic heterocycles. The number of hydrogen-bond acceptors (Lipinski definition) is 1. The molecule has 0 radical (unpaired) electrons. The van der Waals surface area contributed by atoms with Crippen molar-refractivity contribution in [2.75, 3.05) is 6.54 Å². The molecule has 0 saturated carbocycles. The zero-order chi connectivity index (χ0) is 8.10. The summed E-state index contributed by atoms with van der Waals surface area (Å²) in [5.74, 6) is 0. The standard InChI is InChI=1S/C10H13N/c1-9-6-4-3-5-7-11-10(2)8-9/h3-6,8,11H,1,7H2,2H3/b5-3-,6-4-,10-8-. The first kappa shape index (κ1) is 7.86. The third-order valence-electron chi connectivity index (χ3n) is 1.46. The second kappa shape index (κ2) is 3.81. The van der Waals surface area contributed by atoms with E-state index in [1.165, 1.54) is 0 Å². The van der Waals surface area contributed by atoms with E-state index in [4.69, 9.17) is 0 Å². The monoisotopic (exact) mass is 147 g/mol. The summed E-state index contributed by atoms with van der Waals surface area (Å²) >= 11 is 0. The van der Waals surface area contributed by atoms with E-state index in [9.17, 15) is 0 Å². The lowest BCUT2D eigenvalue weighted by Gasteiger charge is -2.01. The van der Waals surface area contributed by atoms with Crippen molar-refractivity contribution in [2.24, 2.45) is 0 Å². The number of allylic oxidation sites excluding steroid dienone is 6. The molecule has 0 fully saturated rings. The fraction of sp³-hybridized carbons (Fsp3) is 0.200. The molecule has 1 heteroatoms. The molecule has 0 atom stereocenters. The number of rotatable bonds is 0. The highest BCUT2D eigenvalue weighted by molar-refractivity contribution is 5.32. The van der Waals surface area contributed by atoms with E-state index in [2.05, 4.69) is 18.0 Å². The molecular formula is C10H13N. The summed E-state index contributed by atoms with van der Waals surface area (Å²) in [4.78, 5) is 0. The van der Waals surface area contributed by atoms with Crippen molar-refractivity contribution in [1.82, 2.24) is 5.32 Å². The molecule has 1 rings (SSSR count). The van der Waals surface area contributed by atoms with Gasteiger partial charge in [-0.15, -0.1) is 0 Å². The lowest BCUT2D eigenvalue weighted by Crippen LogP contribution is -2.09. The third-order valence-corrected chi connectivity index (χ3v) is 1.46. The van der Waals surface area contributed by atoms with Crippen LogP contribution in [0.2, 0.25) is 0 Å². The van der Waals surface area contributed by atoms with Crippen LogP contribution in [0.5, 0.6) is 0 Å². The molecule has 1 nitrogen and oxygen atoms in total. The van der Waals surface area contributed by atoms with Gasteiger partial charge in [-0.3, -0.25) is 0 Å². The second-order valence-corrected chi connectivity index (χ2v) is 2.57. The largest absolute Gasteiger partial charge is 0.385 e. The lowest BCUT2D eigenvalue weighted by molar-refractivity contribution is 0.904. The molecule has 58 valence electrons. The van der Waals surface area contributed by atoms with Crippen molar-refractivity contribution in [3.63, 3.8) is 0 Å². The van der Waals surface area contributed by atoms with Crippen LogP contribution in [0.25, 0.3) is 0 Å². The Bertz CT molecular complexity index is 231. The van der Waals surface area contributed by atoms with Gasteiger partial charge in [0.25, 0.3) is 0 Å². The van der Waals surface area contributed by atoms with Crippen molar-refractivity contribution in [3.05, 3.63) is 48.2 Å². The van der Waals surface area contributed by atoms with E-state index in [1.54, 1.807) is 0 Å². The van der Waals surface area contributed by atoms with E-state index < -0.39 is 0 Å². The Hall–Kier alpha value is -1.24. The van der Waals surface area contributed by atoms with Gasteiger partial charge in [0.2, 0.25) is 0 Å². The lowest BCUT2D eigenvalue weighted by atomic mass is 10.2. The average Bonchev–Trinajstić information content (AvgIpc) is 2.02. The molecule has 0 aliphatic carbocycles. The summed E-state index contributed by atoms with van der Waals surface area (Å²) in [6.07, 6.45) is 10.1. The maximum Gasteiger partial charge on any atom is 0.0330 e. The minimum atomic E-state index is 0.889. The highest BCUT2D eigenvalue weighted by Gasteiger charge is 1.88. The predicted molar refractivity (Wildman–Crippen MR) is 49.2 cm³/mol. The molecule has 1 heterocycles. The summed E-state index contributed by atoms with van der Waals surface area (Å²) in [5, 5.41) is 3.23. The first-order valence-corrected chi connectivity index (χ1v) is 3.73. The summed E-state index contributed by atoms with van der Waals surface area (Å²) in [5.41, 5.74) is 2.19. The van der Waals surface area contributed by atoms with Crippen LogP contribution in [0.4, 0.5) is 0 Å². The van der Waals surface area contributed by atoms with Gasteiger partial charge in [0.1, 0.15) is 0 Å². The van der Waals surface area contributed by atoms with Gasteiger partial charge < -0.3 is 5.32 Å². The summed E-state index contributed by atoms with van der Waals surface area (Å²) in [6.45, 7) is 6.80. The predicted octanol–water partition coefficient (Wildman–Crippen LogP) is 2.16. The van der Waals surface area contributed by atoms with Crippen LogP contribution in [0.1, 0.15) is 6.92 Å². The Kier molecular flexibility index (Phi) is 2.73. The van der Waals surface area contributed by atoms with E-state index in [0.717, 1.165) is 17.8 Å². The summed E-state index contributed by atoms with van der Waals surface area (Å²) in [6, 6.07) is 0. The van der Waals surface area contributed by atoms with Crippen LogP contribution in [-0.2, 0) is 0 Å². The molecule has 0 bridgehead atoms. The Morgan fingerprint density at radius 1 is 1.45 bits per heavy atom. The summed E-state index contributed by atoms with van der Waals surface area (Å²) < 4.78 is 0. The van der Waals surface area contributed by atoms with Crippen molar-refractivity contribution < 1.29 is 0 Å². The number of hydrogen-bond donors (Lipinski definition) is 1. The van der Waals surface area contributed by atoms with Gasteiger partial charge in [-0.1, -0.05) is 30.9 Å². The van der Waals surface area contributed by atoms with Gasteiger partial charge in [-0.05, 0) is 18.6 Å². The third kappa shape index (κ3) is 2.89. The molecule has 1 aliphatic rings. The molecule has 0 amide bonds. The van der Waals surface area contributed by atoms with Gasteiger partial charge >= 0.3 is 0 Å². The smallest absolute Gasteiger partial charge is 0.0330 e. The maximum absolute atomic E-state index is 3.87. The molecule has 0 aromatic carbocycles. The van der Waals surface area contributed by atoms with Crippen LogP contribution in [0.3, 0.4) is 0 Å². The topological polar surface area (TPSA) is 12.0 Å². The van der Waals surface area contributed by atoms with Crippen molar-refractivity contribution in [1.29, 1.82) is 0 Å². The fourth-order valence-corrected chi connectivity index (χ4v) is 0.923. The Labute approximate surface area is 67.8 Å². The Morgan fingerprint density at radius 3 is 3.09 bits per heavy atom. The maximum atomic E-state index is 3.87. The second-order valence-electron chi connectivity index (χ2n) is 2.57. The zero-order valence-corrected chi connectivity index (χ0v) is 6.80. The van der Waals surface area contributed by atoms with E-state index in [-0.39, 0.29) is 0 Å². The molecule has 0 saturated heterocycles. The zero-order valence-electron chi connectivity index (χ0n) is 6.80. The van der Waals surface area contributed by atoms with Gasteiger partial charge in [-0.2, -0.15) is 0 Å². The molecule has 0 aromatic heterocycles. The SMILES string of the molecule is C=C1/C=C\C=C/CN/C(C)=C\1. The Morgan fingerprint density at radius 2 is 2.27 bits per heavy atom. The molecular weight excluding hydrogens is 134 g/mol. The normalized spacial score (nSPS) is 28.5. The molecule has 11 heavy (non-hydrogen) atoms. The first-order valence-electron chi connectivity index (χ1n) is 3.73. The highest BCUT2D eigenvalue weighted by atomic mass is 14.9. The fourth-order valence-electron chi connectivity index (χ4n) is 0.923. The van der Waals surface area contributed by atoms with Gasteiger partial charge in [0, 0.05) is 12.2 Å². The van der Waals surface area contributed by atoms with Crippen LogP contribution >= 0.6 is 0 Å². The molecule has 0 spiro atoms. The molecule has 1 N–H and O–H groups in total. The molecule has 0 aromatic rings. The minimum Gasteiger partial charge on any atom is -0.385 e. The Balaban J connectivity index is 2.76. The quantitative estimate of drug-likeness (QED) is 0.553. The van der Waals surface area contributed by atoms with Crippen LogP contribution in [-0.4, -0.2) is 6.54 Å².